The number of carbonyl (C=O) groups is 3. The largest absolute Gasteiger partial charge is 0.426 e. The fourth-order valence-corrected chi connectivity index (χ4v) is 2.73. The Hall–Kier alpha value is -3.02. The number of hydrogen-bond acceptors (Lipinski definition) is 4. The molecule has 1 aliphatic heterocycles. The van der Waals surface area contributed by atoms with Crippen molar-refractivity contribution >= 4 is 23.3 Å². The summed E-state index contributed by atoms with van der Waals surface area (Å²) in [6.45, 7) is 1.52. The molecule has 0 spiro atoms. The number of rotatable bonds is 4. The highest BCUT2D eigenvalue weighted by atomic mass is 19.1. The van der Waals surface area contributed by atoms with Crippen LogP contribution in [0.2, 0.25) is 0 Å². The van der Waals surface area contributed by atoms with Gasteiger partial charge in [-0.2, -0.15) is 0 Å². The van der Waals surface area contributed by atoms with Gasteiger partial charge in [-0.3, -0.25) is 14.4 Å². The van der Waals surface area contributed by atoms with Gasteiger partial charge in [-0.25, -0.2) is 4.39 Å². The second-order valence-electron chi connectivity index (χ2n) is 5.86. The molecule has 1 atom stereocenters. The molecule has 25 heavy (non-hydrogen) atoms. The molecule has 128 valence electrons. The molecule has 0 aliphatic carbocycles. The van der Waals surface area contributed by atoms with E-state index in [2.05, 4.69) is 0 Å². The molecule has 0 radical (unpaired) electrons. The van der Waals surface area contributed by atoms with Gasteiger partial charge in [0.2, 0.25) is 5.91 Å². The predicted octanol–water partition coefficient (Wildman–Crippen LogP) is 2.99. The smallest absolute Gasteiger partial charge is 0.316 e. The first-order valence-electron chi connectivity index (χ1n) is 7.83. The maximum absolute atomic E-state index is 13.9. The number of anilines is 1. The molecule has 0 N–H and O–H groups in total. The van der Waals surface area contributed by atoms with E-state index < -0.39 is 17.7 Å². The van der Waals surface area contributed by atoms with E-state index in [1.165, 1.54) is 42.2 Å². The second kappa shape index (κ2) is 6.84. The highest BCUT2D eigenvalue weighted by molar-refractivity contribution is 5.99. The zero-order valence-corrected chi connectivity index (χ0v) is 13.6. The maximum atomic E-state index is 13.9. The van der Waals surface area contributed by atoms with Gasteiger partial charge < -0.3 is 9.64 Å². The summed E-state index contributed by atoms with van der Waals surface area (Å²) in [5.74, 6) is -1.84. The molecule has 1 heterocycles. The molecule has 2 aromatic rings. The molecule has 6 heteroatoms. The van der Waals surface area contributed by atoms with Crippen LogP contribution in [0.25, 0.3) is 0 Å². The van der Waals surface area contributed by atoms with E-state index in [1.807, 2.05) is 0 Å². The van der Waals surface area contributed by atoms with Crippen molar-refractivity contribution in [3.63, 3.8) is 0 Å². The Kier molecular flexibility index (Phi) is 4.61. The summed E-state index contributed by atoms with van der Waals surface area (Å²) in [4.78, 5) is 36.9. The SMILES string of the molecule is CC(=O)c1ccc(OC(=O)[C@@H]2CC(=O)N(c3ccccc3F)C2)cc1. The molecule has 0 unspecified atom stereocenters. The number of hydrogen-bond donors (Lipinski definition) is 0. The molecule has 1 aliphatic rings. The van der Waals surface area contributed by atoms with Crippen LogP contribution in [0.15, 0.2) is 48.5 Å². The summed E-state index contributed by atoms with van der Waals surface area (Å²) < 4.78 is 19.1. The highest BCUT2D eigenvalue weighted by Crippen LogP contribution is 2.28. The van der Waals surface area contributed by atoms with Gasteiger partial charge in [-0.1, -0.05) is 12.1 Å². The normalized spacial score (nSPS) is 16.8. The highest BCUT2D eigenvalue weighted by Gasteiger charge is 2.37. The minimum absolute atomic E-state index is 0.0291. The lowest BCUT2D eigenvalue weighted by atomic mass is 10.1. The Bertz CT molecular complexity index is 832. The van der Waals surface area contributed by atoms with Gasteiger partial charge in [0.05, 0.1) is 11.6 Å². The van der Waals surface area contributed by atoms with E-state index in [1.54, 1.807) is 18.2 Å². The average molecular weight is 341 g/mol. The summed E-state index contributed by atoms with van der Waals surface area (Å²) in [5, 5.41) is 0. The monoisotopic (exact) mass is 341 g/mol. The van der Waals surface area contributed by atoms with Gasteiger partial charge in [0.15, 0.2) is 5.78 Å². The van der Waals surface area contributed by atoms with Crippen LogP contribution in [0.3, 0.4) is 0 Å². The van der Waals surface area contributed by atoms with E-state index in [0.717, 1.165) is 0 Å². The van der Waals surface area contributed by atoms with Crippen molar-refractivity contribution in [3.05, 3.63) is 59.9 Å². The topological polar surface area (TPSA) is 63.7 Å². The van der Waals surface area contributed by atoms with E-state index in [9.17, 15) is 18.8 Å². The average Bonchev–Trinajstić information content (AvgIpc) is 2.97. The summed E-state index contributed by atoms with van der Waals surface area (Å²) >= 11 is 0. The number of Topliss-reactive ketones (excluding diaryl/α,β-unsaturated/α-hetero) is 1. The van der Waals surface area contributed by atoms with Crippen molar-refractivity contribution in [3.8, 4) is 5.75 Å². The van der Waals surface area contributed by atoms with Crippen molar-refractivity contribution in [1.82, 2.24) is 0 Å². The predicted molar refractivity (Wildman–Crippen MR) is 88.9 cm³/mol. The van der Waals surface area contributed by atoms with Crippen LogP contribution >= 0.6 is 0 Å². The van der Waals surface area contributed by atoms with Gasteiger partial charge in [-0.15, -0.1) is 0 Å². The number of ether oxygens (including phenoxy) is 1. The number of amides is 1. The zero-order chi connectivity index (χ0) is 18.0. The van der Waals surface area contributed by atoms with Gasteiger partial charge >= 0.3 is 5.97 Å². The number of ketones is 1. The van der Waals surface area contributed by atoms with Crippen molar-refractivity contribution in [2.45, 2.75) is 13.3 Å². The van der Waals surface area contributed by atoms with Crippen LogP contribution in [0.1, 0.15) is 23.7 Å². The van der Waals surface area contributed by atoms with Gasteiger partial charge in [0, 0.05) is 18.5 Å². The lowest BCUT2D eigenvalue weighted by Crippen LogP contribution is -2.28. The lowest BCUT2D eigenvalue weighted by molar-refractivity contribution is -0.139. The van der Waals surface area contributed by atoms with Crippen molar-refractivity contribution in [1.29, 1.82) is 0 Å². The van der Waals surface area contributed by atoms with Crippen LogP contribution in [0, 0.1) is 11.7 Å². The third-order valence-electron chi connectivity index (χ3n) is 4.08. The van der Waals surface area contributed by atoms with Crippen LogP contribution in [-0.2, 0) is 9.59 Å². The van der Waals surface area contributed by atoms with Gasteiger partial charge in [0.1, 0.15) is 11.6 Å². The molecule has 3 rings (SSSR count). The standard InChI is InChI=1S/C19H16FNO4/c1-12(22)13-6-8-15(9-7-13)25-19(24)14-10-18(23)21(11-14)17-5-3-2-4-16(17)20/h2-9,14H,10-11H2,1H3/t14-/m1/s1. The van der Waals surface area contributed by atoms with E-state index in [4.69, 9.17) is 4.74 Å². The summed E-state index contributed by atoms with van der Waals surface area (Å²) in [5.41, 5.74) is 0.676. The number of para-hydroxylation sites is 1. The van der Waals surface area contributed by atoms with E-state index >= 15 is 0 Å². The molecule has 1 fully saturated rings. The number of carbonyl (C=O) groups excluding carboxylic acids is 3. The van der Waals surface area contributed by atoms with Crippen LogP contribution < -0.4 is 9.64 Å². The van der Waals surface area contributed by atoms with Crippen molar-refractivity contribution in [2.75, 3.05) is 11.4 Å². The van der Waals surface area contributed by atoms with Crippen molar-refractivity contribution in [2.24, 2.45) is 5.92 Å². The molecule has 2 aromatic carbocycles. The van der Waals surface area contributed by atoms with Crippen LogP contribution in [0.4, 0.5) is 10.1 Å². The lowest BCUT2D eigenvalue weighted by Gasteiger charge is -2.17. The molecular formula is C19H16FNO4. The minimum Gasteiger partial charge on any atom is -0.426 e. The summed E-state index contributed by atoms with van der Waals surface area (Å²) in [7, 11) is 0. The first-order chi connectivity index (χ1) is 12.0. The molecule has 5 nitrogen and oxygen atoms in total. The Morgan fingerprint density at radius 3 is 2.44 bits per heavy atom. The third kappa shape index (κ3) is 3.57. The number of nitrogens with zero attached hydrogens (tertiary/aromatic N) is 1. The van der Waals surface area contributed by atoms with Crippen LogP contribution in [0.5, 0.6) is 5.75 Å². The summed E-state index contributed by atoms with van der Waals surface area (Å²) in [6.07, 6.45) is -0.0291. The number of esters is 1. The molecule has 1 saturated heterocycles. The van der Waals surface area contributed by atoms with E-state index in [-0.39, 0.29) is 30.3 Å². The number of halogens is 1. The van der Waals surface area contributed by atoms with E-state index in [0.29, 0.717) is 11.3 Å². The van der Waals surface area contributed by atoms with Gasteiger partial charge in [-0.05, 0) is 43.3 Å². The maximum Gasteiger partial charge on any atom is 0.316 e. The Morgan fingerprint density at radius 2 is 1.80 bits per heavy atom. The molecule has 0 aromatic heterocycles. The number of benzene rings is 2. The Morgan fingerprint density at radius 1 is 1.12 bits per heavy atom. The molecule has 1 amide bonds. The first kappa shape index (κ1) is 16.8. The second-order valence-corrected chi connectivity index (χ2v) is 5.86. The molecule has 0 bridgehead atoms. The van der Waals surface area contributed by atoms with Gasteiger partial charge in [0.25, 0.3) is 0 Å². The minimum atomic E-state index is -0.667. The fraction of sp³-hybridized carbons (Fsp3) is 0.211. The first-order valence-corrected chi connectivity index (χ1v) is 7.83. The fourth-order valence-electron chi connectivity index (χ4n) is 2.73. The quantitative estimate of drug-likeness (QED) is 0.487. The molecular weight excluding hydrogens is 325 g/mol. The van der Waals surface area contributed by atoms with Crippen molar-refractivity contribution < 1.29 is 23.5 Å². The Labute approximate surface area is 144 Å². The Balaban J connectivity index is 1.68. The summed E-state index contributed by atoms with van der Waals surface area (Å²) in [6, 6.07) is 12.1. The molecule has 0 saturated carbocycles. The third-order valence-corrected chi connectivity index (χ3v) is 4.08. The zero-order valence-electron chi connectivity index (χ0n) is 13.6. The van der Waals surface area contributed by atoms with Crippen LogP contribution in [-0.4, -0.2) is 24.2 Å².